The maximum Gasteiger partial charge on any atom is 0.233 e. The highest BCUT2D eigenvalue weighted by atomic mass is 16.5. The predicted molar refractivity (Wildman–Crippen MR) is 120 cm³/mol. The quantitative estimate of drug-likeness (QED) is 0.693. The highest BCUT2D eigenvalue weighted by molar-refractivity contribution is 6.07. The molecule has 0 atom stereocenters. The van der Waals surface area contributed by atoms with Crippen molar-refractivity contribution in [1.29, 1.82) is 0 Å². The zero-order valence-electron chi connectivity index (χ0n) is 18.5. The number of Topliss-reactive ketones (excluding diaryl/α,β-unsaturated/α-hetero) is 1. The van der Waals surface area contributed by atoms with Crippen molar-refractivity contribution in [3.8, 4) is 5.75 Å². The third-order valence-electron chi connectivity index (χ3n) is 7.11. The van der Waals surface area contributed by atoms with E-state index in [-0.39, 0.29) is 23.8 Å². The molecule has 2 heterocycles. The zero-order valence-corrected chi connectivity index (χ0v) is 18.5. The van der Waals surface area contributed by atoms with Crippen LogP contribution in [0.15, 0.2) is 24.7 Å². The van der Waals surface area contributed by atoms with Crippen LogP contribution < -0.4 is 15.0 Å². The van der Waals surface area contributed by atoms with Crippen LogP contribution in [0, 0.1) is 5.41 Å². The van der Waals surface area contributed by atoms with E-state index in [1.54, 1.807) is 6.33 Å². The molecule has 5 rings (SSSR count). The van der Waals surface area contributed by atoms with E-state index in [4.69, 9.17) is 9.47 Å². The van der Waals surface area contributed by atoms with Gasteiger partial charge in [-0.1, -0.05) is 0 Å². The third-order valence-corrected chi connectivity index (χ3v) is 7.11. The van der Waals surface area contributed by atoms with Gasteiger partial charge in [0.2, 0.25) is 5.91 Å². The zero-order chi connectivity index (χ0) is 22.1. The van der Waals surface area contributed by atoms with Gasteiger partial charge in [-0.25, -0.2) is 9.97 Å². The van der Waals surface area contributed by atoms with Gasteiger partial charge in [0.25, 0.3) is 0 Å². The summed E-state index contributed by atoms with van der Waals surface area (Å²) in [5.74, 6) is 0.711. The molecule has 1 aromatic heterocycles. The summed E-state index contributed by atoms with van der Waals surface area (Å²) in [7, 11) is 0. The lowest BCUT2D eigenvalue weighted by Gasteiger charge is -2.32. The van der Waals surface area contributed by atoms with Crippen molar-refractivity contribution < 1.29 is 19.1 Å². The van der Waals surface area contributed by atoms with E-state index >= 15 is 0 Å². The van der Waals surface area contributed by atoms with Crippen LogP contribution in [-0.2, 0) is 14.3 Å². The van der Waals surface area contributed by atoms with Crippen molar-refractivity contribution in [2.45, 2.75) is 57.6 Å². The summed E-state index contributed by atoms with van der Waals surface area (Å²) in [6, 6.07) is 4.29. The number of fused-ring (bicyclic) bond motifs is 1. The summed E-state index contributed by atoms with van der Waals surface area (Å²) in [5, 5.41) is 4.03. The molecular weight excluding hydrogens is 408 g/mol. The van der Waals surface area contributed by atoms with Crippen LogP contribution in [0.5, 0.6) is 5.75 Å². The molecule has 170 valence electrons. The number of nitrogens with zero attached hydrogens (tertiary/aromatic N) is 3. The molecule has 8 heteroatoms. The number of nitrogens with one attached hydrogen (secondary N) is 1. The molecule has 1 aromatic carbocycles. The minimum Gasteiger partial charge on any atom is -0.490 e. The van der Waals surface area contributed by atoms with Gasteiger partial charge in [0.15, 0.2) is 0 Å². The fraction of sp³-hybridized carbons (Fsp3) is 0.583. The van der Waals surface area contributed by atoms with Gasteiger partial charge >= 0.3 is 0 Å². The lowest BCUT2D eigenvalue weighted by Crippen LogP contribution is -2.44. The first-order chi connectivity index (χ1) is 15.5. The van der Waals surface area contributed by atoms with Crippen LogP contribution in [0.2, 0.25) is 0 Å². The number of amides is 1. The SMILES string of the molecule is CC(=O)C1(C(=O)NC2CCC(Oc3cc(N4CCOCC4)cc4ncncc34)CC2)CC1. The Morgan fingerprint density at radius 3 is 2.59 bits per heavy atom. The summed E-state index contributed by atoms with van der Waals surface area (Å²) < 4.78 is 12.0. The van der Waals surface area contributed by atoms with Gasteiger partial charge < -0.3 is 19.7 Å². The average Bonchev–Trinajstić information content (AvgIpc) is 3.63. The first-order valence-corrected chi connectivity index (χ1v) is 11.6. The predicted octanol–water partition coefficient (Wildman–Crippen LogP) is 2.64. The average molecular weight is 439 g/mol. The minimum absolute atomic E-state index is 0.0127. The number of ketones is 1. The summed E-state index contributed by atoms with van der Waals surface area (Å²) >= 11 is 0. The molecule has 2 aromatic rings. The number of benzene rings is 1. The number of hydrogen-bond acceptors (Lipinski definition) is 7. The van der Waals surface area contributed by atoms with E-state index in [9.17, 15) is 9.59 Å². The lowest BCUT2D eigenvalue weighted by atomic mass is 9.91. The van der Waals surface area contributed by atoms with E-state index < -0.39 is 5.41 Å². The number of carbonyl (C=O) groups is 2. The molecule has 0 spiro atoms. The van der Waals surface area contributed by atoms with Gasteiger partial charge in [-0.05, 0) is 51.5 Å². The number of ether oxygens (including phenoxy) is 2. The Bertz CT molecular complexity index is 1010. The maximum absolute atomic E-state index is 12.6. The van der Waals surface area contributed by atoms with Crippen molar-refractivity contribution in [2.75, 3.05) is 31.2 Å². The van der Waals surface area contributed by atoms with E-state index in [2.05, 4.69) is 32.3 Å². The molecule has 8 nitrogen and oxygen atoms in total. The van der Waals surface area contributed by atoms with E-state index in [0.29, 0.717) is 12.8 Å². The van der Waals surface area contributed by atoms with Crippen molar-refractivity contribution in [3.05, 3.63) is 24.7 Å². The number of morpholine rings is 1. The third kappa shape index (κ3) is 4.16. The molecule has 2 saturated carbocycles. The molecule has 3 aliphatic rings. The second kappa shape index (κ2) is 8.65. The molecule has 0 unspecified atom stereocenters. The topological polar surface area (TPSA) is 93.7 Å². The smallest absolute Gasteiger partial charge is 0.233 e. The van der Waals surface area contributed by atoms with Crippen molar-refractivity contribution in [3.63, 3.8) is 0 Å². The number of aromatic nitrogens is 2. The second-order valence-corrected chi connectivity index (χ2v) is 9.20. The monoisotopic (exact) mass is 438 g/mol. The number of rotatable bonds is 6. The van der Waals surface area contributed by atoms with Crippen LogP contribution in [0.3, 0.4) is 0 Å². The molecule has 0 bridgehead atoms. The fourth-order valence-electron chi connectivity index (χ4n) is 4.83. The Morgan fingerprint density at radius 2 is 1.91 bits per heavy atom. The molecular formula is C24H30N4O4. The highest BCUT2D eigenvalue weighted by Gasteiger charge is 2.54. The van der Waals surface area contributed by atoms with Crippen molar-refractivity contribution in [1.82, 2.24) is 15.3 Å². The molecule has 3 fully saturated rings. The molecule has 1 saturated heterocycles. The van der Waals surface area contributed by atoms with Crippen molar-refractivity contribution >= 4 is 28.3 Å². The summed E-state index contributed by atoms with van der Waals surface area (Å²) in [4.78, 5) is 35.3. The lowest BCUT2D eigenvalue weighted by molar-refractivity contribution is -0.135. The Balaban J connectivity index is 1.25. The van der Waals surface area contributed by atoms with E-state index in [1.165, 1.54) is 6.92 Å². The Kier molecular flexibility index (Phi) is 5.71. The van der Waals surface area contributed by atoms with Gasteiger partial charge in [0.05, 0.1) is 30.2 Å². The molecule has 1 amide bonds. The first-order valence-electron chi connectivity index (χ1n) is 11.6. The second-order valence-electron chi connectivity index (χ2n) is 9.20. The van der Waals surface area contributed by atoms with Crippen molar-refractivity contribution in [2.24, 2.45) is 5.41 Å². The van der Waals surface area contributed by atoms with Crippen LogP contribution in [0.25, 0.3) is 10.9 Å². The normalized spacial score (nSPS) is 24.7. The summed E-state index contributed by atoms with van der Waals surface area (Å²) in [6.07, 6.45) is 8.23. The first kappa shape index (κ1) is 21.1. The van der Waals surface area contributed by atoms with Gasteiger partial charge in [0.1, 0.15) is 23.3 Å². The standard InChI is InChI=1S/C24H30N4O4/c1-16(29)24(6-7-24)23(30)27-17-2-4-19(5-3-17)32-22-13-18(28-8-10-31-11-9-28)12-21-20(22)14-25-15-26-21/h12-15,17,19H,2-11H2,1H3,(H,27,30). The Hall–Kier alpha value is -2.74. The van der Waals surface area contributed by atoms with Crippen LogP contribution in [0.1, 0.15) is 45.4 Å². The molecule has 1 aliphatic heterocycles. The van der Waals surface area contributed by atoms with E-state index in [1.807, 2.05) is 6.20 Å². The molecule has 0 radical (unpaired) electrons. The van der Waals surface area contributed by atoms with E-state index in [0.717, 1.165) is 74.3 Å². The van der Waals surface area contributed by atoms with Gasteiger partial charge in [-0.3, -0.25) is 9.59 Å². The molecule has 32 heavy (non-hydrogen) atoms. The minimum atomic E-state index is -0.744. The summed E-state index contributed by atoms with van der Waals surface area (Å²) in [6.45, 7) is 4.67. The van der Waals surface area contributed by atoms with Gasteiger partial charge in [0, 0.05) is 37.1 Å². The molecule has 2 aliphatic carbocycles. The number of anilines is 1. The van der Waals surface area contributed by atoms with Gasteiger partial charge in [-0.2, -0.15) is 0 Å². The van der Waals surface area contributed by atoms with Crippen LogP contribution in [0.4, 0.5) is 5.69 Å². The fourth-order valence-corrected chi connectivity index (χ4v) is 4.83. The van der Waals surface area contributed by atoms with Crippen LogP contribution >= 0.6 is 0 Å². The number of hydrogen-bond donors (Lipinski definition) is 1. The summed E-state index contributed by atoms with van der Waals surface area (Å²) in [5.41, 5.74) is 1.22. The Labute approximate surface area is 187 Å². The molecule has 1 N–H and O–H groups in total. The maximum atomic E-state index is 12.6. The van der Waals surface area contributed by atoms with Gasteiger partial charge in [-0.15, -0.1) is 0 Å². The number of carbonyl (C=O) groups excluding carboxylic acids is 2. The largest absolute Gasteiger partial charge is 0.490 e. The van der Waals surface area contributed by atoms with Crippen LogP contribution in [-0.4, -0.2) is 60.1 Å². The Morgan fingerprint density at radius 1 is 1.16 bits per heavy atom. The highest BCUT2D eigenvalue weighted by Crippen LogP contribution is 2.47.